The van der Waals surface area contributed by atoms with Crippen molar-refractivity contribution in [2.24, 2.45) is 0 Å². The highest BCUT2D eigenvalue weighted by molar-refractivity contribution is 6.30. The topological polar surface area (TPSA) is 61.9 Å². The molecule has 2 amide bonds. The Balaban J connectivity index is 1.84. The molecule has 6 nitrogen and oxygen atoms in total. The smallest absolute Gasteiger partial charge is 0.410 e. The Kier molecular flexibility index (Phi) is 6.30. The quantitative estimate of drug-likeness (QED) is 0.891. The van der Waals surface area contributed by atoms with Crippen LogP contribution in [-0.2, 0) is 9.53 Å². The lowest BCUT2D eigenvalue weighted by atomic mass is 10.2. The molecule has 1 atom stereocenters. The molecule has 0 aliphatic carbocycles. The molecule has 1 fully saturated rings. The van der Waals surface area contributed by atoms with Crippen LogP contribution in [0.2, 0.25) is 5.02 Å². The van der Waals surface area contributed by atoms with Gasteiger partial charge in [-0.05, 0) is 52.0 Å². The van der Waals surface area contributed by atoms with Crippen molar-refractivity contribution in [1.29, 1.82) is 0 Å². The molecule has 25 heavy (non-hydrogen) atoms. The molecule has 1 aliphatic rings. The lowest BCUT2D eigenvalue weighted by Crippen LogP contribution is -2.54. The van der Waals surface area contributed by atoms with Crippen molar-refractivity contribution >= 4 is 29.3 Å². The van der Waals surface area contributed by atoms with Crippen LogP contribution in [0.1, 0.15) is 27.7 Å². The summed E-state index contributed by atoms with van der Waals surface area (Å²) in [5, 5.41) is 3.52. The fourth-order valence-corrected chi connectivity index (χ4v) is 2.69. The van der Waals surface area contributed by atoms with Crippen LogP contribution in [-0.4, -0.2) is 59.6 Å². The van der Waals surface area contributed by atoms with Gasteiger partial charge in [0, 0.05) is 36.9 Å². The molecule has 2 rings (SSSR count). The Morgan fingerprint density at radius 1 is 1.12 bits per heavy atom. The van der Waals surface area contributed by atoms with Crippen molar-refractivity contribution in [3.63, 3.8) is 0 Å². The van der Waals surface area contributed by atoms with E-state index in [4.69, 9.17) is 16.3 Å². The second-order valence-electron chi connectivity index (χ2n) is 7.18. The summed E-state index contributed by atoms with van der Waals surface area (Å²) in [5.41, 5.74) is 0.216. The van der Waals surface area contributed by atoms with E-state index < -0.39 is 5.60 Å². The Morgan fingerprint density at radius 3 is 2.20 bits per heavy atom. The molecule has 1 unspecified atom stereocenters. The average molecular weight is 368 g/mol. The molecule has 0 saturated carbocycles. The van der Waals surface area contributed by atoms with E-state index in [9.17, 15) is 9.59 Å². The summed E-state index contributed by atoms with van der Waals surface area (Å²) >= 11 is 5.85. The standard InChI is InChI=1S/C18H26ClN3O3/c1-13(16(23)20-15-7-5-14(19)6-8-15)21-9-11-22(12-10-21)17(24)25-18(2,3)4/h5-8,13H,9-12H2,1-4H3,(H,20,23). The van der Waals surface area contributed by atoms with Gasteiger partial charge in [-0.2, -0.15) is 0 Å². The van der Waals surface area contributed by atoms with E-state index >= 15 is 0 Å². The molecule has 1 aromatic carbocycles. The lowest BCUT2D eigenvalue weighted by molar-refractivity contribution is -0.121. The number of anilines is 1. The van der Waals surface area contributed by atoms with Crippen molar-refractivity contribution in [2.45, 2.75) is 39.3 Å². The second-order valence-corrected chi connectivity index (χ2v) is 7.61. The number of hydrogen-bond donors (Lipinski definition) is 1. The Morgan fingerprint density at radius 2 is 1.68 bits per heavy atom. The van der Waals surface area contributed by atoms with Crippen molar-refractivity contribution in [3.05, 3.63) is 29.3 Å². The summed E-state index contributed by atoms with van der Waals surface area (Å²) in [7, 11) is 0. The van der Waals surface area contributed by atoms with E-state index in [0.29, 0.717) is 36.9 Å². The van der Waals surface area contributed by atoms with Gasteiger partial charge in [0.25, 0.3) is 0 Å². The molecule has 1 heterocycles. The summed E-state index contributed by atoms with van der Waals surface area (Å²) in [6.45, 7) is 9.79. The van der Waals surface area contributed by atoms with Crippen LogP contribution < -0.4 is 5.32 Å². The number of nitrogens with one attached hydrogen (secondary N) is 1. The minimum absolute atomic E-state index is 0.0759. The average Bonchev–Trinajstić information content (AvgIpc) is 2.55. The highest BCUT2D eigenvalue weighted by Gasteiger charge is 2.29. The highest BCUT2D eigenvalue weighted by atomic mass is 35.5. The summed E-state index contributed by atoms with van der Waals surface area (Å²) in [5.74, 6) is -0.0759. The first kappa shape index (κ1) is 19.5. The zero-order valence-electron chi connectivity index (χ0n) is 15.2. The zero-order chi connectivity index (χ0) is 18.6. The Hall–Kier alpha value is -1.79. The fraction of sp³-hybridized carbons (Fsp3) is 0.556. The van der Waals surface area contributed by atoms with Gasteiger partial charge in [0.2, 0.25) is 5.91 Å². The second kappa shape index (κ2) is 8.06. The molecule has 1 saturated heterocycles. The predicted molar refractivity (Wildman–Crippen MR) is 98.9 cm³/mol. The predicted octanol–water partition coefficient (Wildman–Crippen LogP) is 3.22. The zero-order valence-corrected chi connectivity index (χ0v) is 16.0. The normalized spacial score (nSPS) is 17.1. The number of benzene rings is 1. The van der Waals surface area contributed by atoms with Crippen molar-refractivity contribution in [1.82, 2.24) is 9.80 Å². The first-order valence-corrected chi connectivity index (χ1v) is 8.82. The van der Waals surface area contributed by atoms with Crippen molar-refractivity contribution in [3.8, 4) is 0 Å². The summed E-state index contributed by atoms with van der Waals surface area (Å²) in [6, 6.07) is 6.74. The maximum atomic E-state index is 12.4. The molecule has 7 heteroatoms. The van der Waals surface area contributed by atoms with Gasteiger partial charge in [-0.1, -0.05) is 11.6 Å². The van der Waals surface area contributed by atoms with E-state index in [1.54, 1.807) is 29.2 Å². The molecular formula is C18H26ClN3O3. The third-order valence-electron chi connectivity index (χ3n) is 4.00. The van der Waals surface area contributed by atoms with Gasteiger partial charge in [0.1, 0.15) is 5.60 Å². The number of ether oxygens (including phenoxy) is 1. The van der Waals surface area contributed by atoms with E-state index in [1.807, 2.05) is 27.7 Å². The Labute approximate surface area is 154 Å². The molecule has 0 radical (unpaired) electrons. The maximum absolute atomic E-state index is 12.4. The number of piperazine rings is 1. The fourth-order valence-electron chi connectivity index (χ4n) is 2.56. The number of rotatable bonds is 3. The van der Waals surface area contributed by atoms with Gasteiger partial charge in [-0.25, -0.2) is 4.79 Å². The first-order chi connectivity index (χ1) is 11.7. The molecule has 0 spiro atoms. The summed E-state index contributed by atoms with van der Waals surface area (Å²) in [6.07, 6.45) is -0.301. The lowest BCUT2D eigenvalue weighted by Gasteiger charge is -2.37. The van der Waals surface area contributed by atoms with Crippen molar-refractivity contribution in [2.75, 3.05) is 31.5 Å². The summed E-state index contributed by atoms with van der Waals surface area (Å²) < 4.78 is 5.39. The molecule has 1 aliphatic heterocycles. The minimum Gasteiger partial charge on any atom is -0.444 e. The molecule has 1 N–H and O–H groups in total. The van der Waals surface area contributed by atoms with Gasteiger partial charge < -0.3 is 15.0 Å². The van der Waals surface area contributed by atoms with Crippen LogP contribution in [0.5, 0.6) is 0 Å². The number of nitrogens with zero attached hydrogens (tertiary/aromatic N) is 2. The highest BCUT2D eigenvalue weighted by Crippen LogP contribution is 2.16. The number of carbonyl (C=O) groups excluding carboxylic acids is 2. The number of hydrogen-bond acceptors (Lipinski definition) is 4. The van der Waals surface area contributed by atoms with Crippen LogP contribution >= 0.6 is 11.6 Å². The van der Waals surface area contributed by atoms with Crippen LogP contribution in [0, 0.1) is 0 Å². The molecular weight excluding hydrogens is 342 g/mol. The van der Waals surface area contributed by atoms with E-state index in [-0.39, 0.29) is 18.0 Å². The van der Waals surface area contributed by atoms with E-state index in [1.165, 1.54) is 0 Å². The number of carbonyl (C=O) groups is 2. The van der Waals surface area contributed by atoms with E-state index in [0.717, 1.165) is 0 Å². The van der Waals surface area contributed by atoms with E-state index in [2.05, 4.69) is 10.2 Å². The molecule has 1 aromatic rings. The summed E-state index contributed by atoms with van der Waals surface area (Å²) in [4.78, 5) is 28.2. The number of amides is 2. The van der Waals surface area contributed by atoms with Crippen LogP contribution in [0.3, 0.4) is 0 Å². The minimum atomic E-state index is -0.500. The van der Waals surface area contributed by atoms with Crippen LogP contribution in [0.25, 0.3) is 0 Å². The first-order valence-electron chi connectivity index (χ1n) is 8.44. The van der Waals surface area contributed by atoms with Crippen molar-refractivity contribution < 1.29 is 14.3 Å². The Bertz CT molecular complexity index is 605. The monoisotopic (exact) mass is 367 g/mol. The van der Waals surface area contributed by atoms with Crippen LogP contribution in [0.15, 0.2) is 24.3 Å². The van der Waals surface area contributed by atoms with Gasteiger partial charge >= 0.3 is 6.09 Å². The van der Waals surface area contributed by atoms with Gasteiger partial charge in [-0.15, -0.1) is 0 Å². The third kappa shape index (κ3) is 5.90. The molecule has 0 aromatic heterocycles. The van der Waals surface area contributed by atoms with Gasteiger partial charge in [-0.3, -0.25) is 9.69 Å². The van der Waals surface area contributed by atoms with Crippen LogP contribution in [0.4, 0.5) is 10.5 Å². The third-order valence-corrected chi connectivity index (χ3v) is 4.26. The molecule has 0 bridgehead atoms. The number of halogens is 1. The maximum Gasteiger partial charge on any atom is 0.410 e. The van der Waals surface area contributed by atoms with Gasteiger partial charge in [0.05, 0.1) is 6.04 Å². The largest absolute Gasteiger partial charge is 0.444 e. The van der Waals surface area contributed by atoms with Gasteiger partial charge in [0.15, 0.2) is 0 Å². The molecule has 138 valence electrons. The SMILES string of the molecule is CC(C(=O)Nc1ccc(Cl)cc1)N1CCN(C(=O)OC(C)(C)C)CC1.